The van der Waals surface area contributed by atoms with Crippen molar-refractivity contribution in [3.63, 3.8) is 0 Å². The summed E-state index contributed by atoms with van der Waals surface area (Å²) in [6.07, 6.45) is 0. The maximum atomic E-state index is 12.1. The van der Waals surface area contributed by atoms with Gasteiger partial charge in [0, 0.05) is 10.7 Å². The summed E-state index contributed by atoms with van der Waals surface area (Å²) in [5.41, 5.74) is 1.50. The summed E-state index contributed by atoms with van der Waals surface area (Å²) < 4.78 is 4.95. The maximum Gasteiger partial charge on any atom is 0.340 e. The Balaban J connectivity index is 2.09. The average molecular weight is 390 g/mol. The van der Waals surface area contributed by atoms with E-state index in [-0.39, 0.29) is 29.4 Å². The summed E-state index contributed by atoms with van der Waals surface area (Å²) in [7, 11) is 0. The highest BCUT2D eigenvalue weighted by molar-refractivity contribution is 8.00. The Labute approximate surface area is 160 Å². The number of ether oxygens (including phenoxy) is 1. The van der Waals surface area contributed by atoms with E-state index in [1.165, 1.54) is 6.07 Å². The van der Waals surface area contributed by atoms with Crippen molar-refractivity contribution >= 4 is 40.9 Å². The molecule has 1 N–H and O–H groups in total. The third-order valence-corrected chi connectivity index (χ3v) is 4.47. The van der Waals surface area contributed by atoms with Gasteiger partial charge in [-0.15, -0.1) is 0 Å². The molecule has 1 aromatic carbocycles. The summed E-state index contributed by atoms with van der Waals surface area (Å²) >= 11 is 7.00. The van der Waals surface area contributed by atoms with E-state index in [1.807, 2.05) is 6.07 Å². The predicted molar refractivity (Wildman–Crippen MR) is 100 cm³/mol. The number of carbonyl (C=O) groups is 2. The SMILES string of the molecule is CCOC(=O)c1cc(C#N)c(SCC(=O)Nc2cccc(Cl)c2)nc1C. The molecule has 0 atom stereocenters. The smallest absolute Gasteiger partial charge is 0.340 e. The quantitative estimate of drug-likeness (QED) is 0.596. The van der Waals surface area contributed by atoms with E-state index in [0.29, 0.717) is 21.4 Å². The van der Waals surface area contributed by atoms with E-state index in [2.05, 4.69) is 10.3 Å². The number of rotatable bonds is 6. The van der Waals surface area contributed by atoms with Crippen molar-refractivity contribution < 1.29 is 14.3 Å². The standard InChI is InChI=1S/C18H16ClN3O3S/c1-3-25-18(24)15-7-12(9-20)17(21-11(15)2)26-10-16(23)22-14-6-4-5-13(19)8-14/h4-8H,3,10H2,1-2H3,(H,22,23). The Morgan fingerprint density at radius 1 is 1.38 bits per heavy atom. The van der Waals surface area contributed by atoms with Gasteiger partial charge >= 0.3 is 5.97 Å². The number of amides is 1. The van der Waals surface area contributed by atoms with Gasteiger partial charge < -0.3 is 10.1 Å². The van der Waals surface area contributed by atoms with Gasteiger partial charge in [-0.1, -0.05) is 29.4 Å². The number of halogens is 1. The molecule has 0 unspecified atom stereocenters. The first-order chi connectivity index (χ1) is 12.4. The Kier molecular flexibility index (Phi) is 7.01. The molecule has 0 aliphatic carbocycles. The number of hydrogen-bond acceptors (Lipinski definition) is 6. The molecule has 0 bridgehead atoms. The number of aromatic nitrogens is 1. The van der Waals surface area contributed by atoms with Crippen LogP contribution in [0.4, 0.5) is 5.69 Å². The number of aryl methyl sites for hydroxylation is 1. The molecule has 2 aromatic rings. The number of thioether (sulfide) groups is 1. The summed E-state index contributed by atoms with van der Waals surface area (Å²) in [6, 6.07) is 10.3. The van der Waals surface area contributed by atoms with Crippen molar-refractivity contribution in [1.29, 1.82) is 5.26 Å². The van der Waals surface area contributed by atoms with Crippen LogP contribution in [0.5, 0.6) is 0 Å². The number of pyridine rings is 1. The van der Waals surface area contributed by atoms with Crippen molar-refractivity contribution in [2.45, 2.75) is 18.9 Å². The Bertz CT molecular complexity index is 880. The van der Waals surface area contributed by atoms with Crippen LogP contribution < -0.4 is 5.32 Å². The molecule has 0 spiro atoms. The molecule has 2 rings (SSSR count). The van der Waals surface area contributed by atoms with Crippen LogP contribution >= 0.6 is 23.4 Å². The topological polar surface area (TPSA) is 92.1 Å². The van der Waals surface area contributed by atoms with Crippen LogP contribution in [0.3, 0.4) is 0 Å². The van der Waals surface area contributed by atoms with Crippen molar-refractivity contribution in [1.82, 2.24) is 4.98 Å². The zero-order valence-corrected chi connectivity index (χ0v) is 15.8. The van der Waals surface area contributed by atoms with Crippen molar-refractivity contribution in [2.24, 2.45) is 0 Å². The van der Waals surface area contributed by atoms with E-state index in [0.717, 1.165) is 11.8 Å². The van der Waals surface area contributed by atoms with Gasteiger partial charge in [0.1, 0.15) is 11.1 Å². The Hall–Kier alpha value is -2.56. The van der Waals surface area contributed by atoms with Gasteiger partial charge in [-0.3, -0.25) is 4.79 Å². The molecule has 0 fully saturated rings. The van der Waals surface area contributed by atoms with Crippen LogP contribution in [0.25, 0.3) is 0 Å². The molecule has 0 saturated heterocycles. The second-order valence-electron chi connectivity index (χ2n) is 5.15. The summed E-state index contributed by atoms with van der Waals surface area (Å²) in [5, 5.41) is 12.9. The van der Waals surface area contributed by atoms with Gasteiger partial charge in [0.2, 0.25) is 5.91 Å². The van der Waals surface area contributed by atoms with Gasteiger partial charge in [-0.05, 0) is 38.1 Å². The number of nitrogens with zero attached hydrogens (tertiary/aromatic N) is 2. The predicted octanol–water partition coefficient (Wildman–Crippen LogP) is 3.82. The van der Waals surface area contributed by atoms with Crippen molar-refractivity contribution in [3.05, 3.63) is 52.2 Å². The van der Waals surface area contributed by atoms with Gasteiger partial charge in [0.15, 0.2) is 0 Å². The minimum atomic E-state index is -0.524. The molecule has 6 nitrogen and oxygen atoms in total. The molecule has 0 radical (unpaired) electrons. The fourth-order valence-corrected chi connectivity index (χ4v) is 3.08. The zero-order chi connectivity index (χ0) is 19.1. The van der Waals surface area contributed by atoms with Gasteiger partial charge in [-0.25, -0.2) is 9.78 Å². The van der Waals surface area contributed by atoms with E-state index in [4.69, 9.17) is 16.3 Å². The highest BCUT2D eigenvalue weighted by atomic mass is 35.5. The van der Waals surface area contributed by atoms with Crippen LogP contribution in [0.15, 0.2) is 35.4 Å². The number of esters is 1. The monoisotopic (exact) mass is 389 g/mol. The Morgan fingerprint density at radius 2 is 2.15 bits per heavy atom. The molecular formula is C18H16ClN3O3S. The van der Waals surface area contributed by atoms with Crippen LogP contribution in [0.1, 0.15) is 28.5 Å². The normalized spacial score (nSPS) is 10.1. The molecule has 0 aliphatic rings. The lowest BCUT2D eigenvalue weighted by molar-refractivity contribution is -0.113. The van der Waals surface area contributed by atoms with Crippen LogP contribution in [0.2, 0.25) is 5.02 Å². The lowest BCUT2D eigenvalue weighted by Crippen LogP contribution is -2.14. The van der Waals surface area contributed by atoms with Crippen LogP contribution in [-0.2, 0) is 9.53 Å². The lowest BCUT2D eigenvalue weighted by atomic mass is 10.1. The van der Waals surface area contributed by atoms with Gasteiger partial charge in [0.05, 0.1) is 29.2 Å². The molecule has 134 valence electrons. The minimum Gasteiger partial charge on any atom is -0.462 e. The lowest BCUT2D eigenvalue weighted by Gasteiger charge is -2.09. The molecule has 1 heterocycles. The summed E-state index contributed by atoms with van der Waals surface area (Å²) in [5.74, 6) is -0.717. The third-order valence-electron chi connectivity index (χ3n) is 3.24. The van der Waals surface area contributed by atoms with Crippen LogP contribution in [-0.4, -0.2) is 29.2 Å². The van der Waals surface area contributed by atoms with E-state index >= 15 is 0 Å². The molecule has 1 amide bonds. The highest BCUT2D eigenvalue weighted by Gasteiger charge is 2.17. The largest absolute Gasteiger partial charge is 0.462 e. The first-order valence-electron chi connectivity index (χ1n) is 7.71. The van der Waals surface area contributed by atoms with E-state index in [1.54, 1.807) is 38.1 Å². The van der Waals surface area contributed by atoms with Crippen molar-refractivity contribution in [2.75, 3.05) is 17.7 Å². The first kappa shape index (κ1) is 19.8. The number of benzene rings is 1. The van der Waals surface area contributed by atoms with E-state index in [9.17, 15) is 14.9 Å². The summed E-state index contributed by atoms with van der Waals surface area (Å²) in [6.45, 7) is 3.60. The van der Waals surface area contributed by atoms with Gasteiger partial charge in [-0.2, -0.15) is 5.26 Å². The fraction of sp³-hybridized carbons (Fsp3) is 0.222. The number of nitriles is 1. The zero-order valence-electron chi connectivity index (χ0n) is 14.2. The molecule has 0 aliphatic heterocycles. The highest BCUT2D eigenvalue weighted by Crippen LogP contribution is 2.24. The second-order valence-corrected chi connectivity index (χ2v) is 6.55. The average Bonchev–Trinajstić information content (AvgIpc) is 2.60. The second kappa shape index (κ2) is 9.22. The third kappa shape index (κ3) is 5.22. The number of carbonyl (C=O) groups excluding carboxylic acids is 2. The Morgan fingerprint density at radius 3 is 2.81 bits per heavy atom. The molecule has 1 aromatic heterocycles. The van der Waals surface area contributed by atoms with Crippen LogP contribution in [0, 0.1) is 18.3 Å². The van der Waals surface area contributed by atoms with E-state index < -0.39 is 5.97 Å². The maximum absolute atomic E-state index is 12.1. The van der Waals surface area contributed by atoms with Gasteiger partial charge in [0.25, 0.3) is 0 Å². The fourth-order valence-electron chi connectivity index (χ4n) is 2.09. The van der Waals surface area contributed by atoms with Crippen molar-refractivity contribution in [3.8, 4) is 6.07 Å². The first-order valence-corrected chi connectivity index (χ1v) is 9.08. The molecule has 8 heteroatoms. The minimum absolute atomic E-state index is 0.0619. The molecule has 26 heavy (non-hydrogen) atoms. The molecule has 0 saturated carbocycles. The summed E-state index contributed by atoms with van der Waals surface area (Å²) in [4.78, 5) is 28.2. The number of nitrogens with one attached hydrogen (secondary N) is 1. The molecular weight excluding hydrogens is 374 g/mol. The number of anilines is 1. The number of hydrogen-bond donors (Lipinski definition) is 1.